The van der Waals surface area contributed by atoms with Crippen LogP contribution in [0.2, 0.25) is 0 Å². The number of hydrogen-bond acceptors (Lipinski definition) is 4. The van der Waals surface area contributed by atoms with Gasteiger partial charge in [-0.1, -0.05) is 30.3 Å². The number of hydrogen-bond donors (Lipinski definition) is 2. The van der Waals surface area contributed by atoms with Crippen molar-refractivity contribution in [1.29, 1.82) is 0 Å². The van der Waals surface area contributed by atoms with E-state index < -0.39 is 0 Å². The van der Waals surface area contributed by atoms with Gasteiger partial charge in [-0.2, -0.15) is 0 Å². The molecule has 1 heterocycles. The Balaban J connectivity index is 2.02. The van der Waals surface area contributed by atoms with E-state index in [1.807, 2.05) is 12.1 Å². The summed E-state index contributed by atoms with van der Waals surface area (Å²) in [6.45, 7) is 4.20. The van der Waals surface area contributed by atoms with Crippen LogP contribution >= 0.6 is 0 Å². The number of anilines is 2. The van der Waals surface area contributed by atoms with Crippen molar-refractivity contribution in [2.24, 2.45) is 5.73 Å². The zero-order valence-electron chi connectivity index (χ0n) is 12.9. The normalized spacial score (nSPS) is 16.0. The van der Waals surface area contributed by atoms with Gasteiger partial charge in [0.25, 0.3) is 0 Å². The van der Waals surface area contributed by atoms with E-state index in [-0.39, 0.29) is 12.5 Å². The van der Waals surface area contributed by atoms with Crippen LogP contribution in [0.1, 0.15) is 0 Å². The summed E-state index contributed by atoms with van der Waals surface area (Å²) in [5.74, 6) is -0.350. The lowest BCUT2D eigenvalue weighted by molar-refractivity contribution is -0.116. The maximum Gasteiger partial charge on any atom is 0.236 e. The third kappa shape index (κ3) is 2.99. The molecule has 1 aliphatic heterocycles. The average molecular weight is 298 g/mol. The molecule has 22 heavy (non-hydrogen) atoms. The van der Waals surface area contributed by atoms with Gasteiger partial charge in [0.05, 0.1) is 17.9 Å². The molecule has 0 spiro atoms. The van der Waals surface area contributed by atoms with E-state index in [1.165, 1.54) is 16.5 Å². The third-order valence-corrected chi connectivity index (χ3v) is 4.17. The molecule has 0 radical (unpaired) electrons. The molecular formula is C17H22N4O. The molecule has 3 rings (SSSR count). The van der Waals surface area contributed by atoms with Crippen LogP contribution < -0.4 is 16.0 Å². The monoisotopic (exact) mass is 298 g/mol. The molecule has 0 aliphatic carbocycles. The first kappa shape index (κ1) is 14.7. The number of piperazine rings is 1. The second-order valence-corrected chi connectivity index (χ2v) is 5.79. The van der Waals surface area contributed by atoms with Gasteiger partial charge in [-0.3, -0.25) is 4.79 Å². The highest BCUT2D eigenvalue weighted by Crippen LogP contribution is 2.35. The van der Waals surface area contributed by atoms with Crippen molar-refractivity contribution in [3.63, 3.8) is 0 Å². The summed E-state index contributed by atoms with van der Waals surface area (Å²) in [6.07, 6.45) is 0. The molecule has 116 valence electrons. The molecule has 1 saturated heterocycles. The Morgan fingerprint density at radius 3 is 2.59 bits per heavy atom. The fraction of sp³-hybridized carbons (Fsp3) is 0.353. The highest BCUT2D eigenvalue weighted by Gasteiger charge is 2.19. The maximum atomic E-state index is 11.1. The molecule has 1 amide bonds. The number of benzene rings is 2. The average Bonchev–Trinajstić information content (AvgIpc) is 2.53. The maximum absolute atomic E-state index is 11.1. The van der Waals surface area contributed by atoms with Crippen LogP contribution in [0.3, 0.4) is 0 Å². The summed E-state index contributed by atoms with van der Waals surface area (Å²) in [5, 5.41) is 5.60. The summed E-state index contributed by atoms with van der Waals surface area (Å²) < 4.78 is 0. The van der Waals surface area contributed by atoms with Gasteiger partial charge in [-0.25, -0.2) is 0 Å². The van der Waals surface area contributed by atoms with E-state index in [9.17, 15) is 4.79 Å². The largest absolute Gasteiger partial charge is 0.374 e. The molecule has 5 nitrogen and oxygen atoms in total. The third-order valence-electron chi connectivity index (χ3n) is 4.17. The molecule has 5 heteroatoms. The molecule has 0 aromatic heterocycles. The lowest BCUT2D eigenvalue weighted by atomic mass is 10.1. The number of fused-ring (bicyclic) bond motifs is 1. The molecule has 0 atom stereocenters. The van der Waals surface area contributed by atoms with Crippen LogP contribution in [-0.2, 0) is 4.79 Å². The fourth-order valence-corrected chi connectivity index (χ4v) is 2.95. The summed E-state index contributed by atoms with van der Waals surface area (Å²) in [7, 11) is 2.15. The predicted molar refractivity (Wildman–Crippen MR) is 91.3 cm³/mol. The second kappa shape index (κ2) is 6.23. The predicted octanol–water partition coefficient (Wildman–Crippen LogP) is 1.49. The van der Waals surface area contributed by atoms with Crippen molar-refractivity contribution in [2.75, 3.05) is 50.0 Å². The van der Waals surface area contributed by atoms with E-state index in [4.69, 9.17) is 5.73 Å². The second-order valence-electron chi connectivity index (χ2n) is 5.79. The summed E-state index contributed by atoms with van der Waals surface area (Å²) in [5.41, 5.74) is 7.43. The molecular weight excluding hydrogens is 276 g/mol. The number of nitrogens with two attached hydrogens (primary N) is 1. The highest BCUT2D eigenvalue weighted by atomic mass is 16.1. The highest BCUT2D eigenvalue weighted by molar-refractivity contribution is 6.01. The molecule has 2 aromatic carbocycles. The lowest BCUT2D eigenvalue weighted by Gasteiger charge is -2.36. The fourth-order valence-electron chi connectivity index (χ4n) is 2.95. The van der Waals surface area contributed by atoms with Gasteiger partial charge >= 0.3 is 0 Å². The van der Waals surface area contributed by atoms with Crippen molar-refractivity contribution in [3.8, 4) is 0 Å². The van der Waals surface area contributed by atoms with Crippen LogP contribution in [0.25, 0.3) is 10.8 Å². The number of nitrogens with zero attached hydrogens (tertiary/aromatic N) is 2. The van der Waals surface area contributed by atoms with E-state index in [0.717, 1.165) is 31.9 Å². The Hall–Kier alpha value is -2.27. The van der Waals surface area contributed by atoms with Crippen LogP contribution in [0, 0.1) is 0 Å². The first-order valence-corrected chi connectivity index (χ1v) is 7.62. The van der Waals surface area contributed by atoms with Crippen LogP contribution in [0.5, 0.6) is 0 Å². The van der Waals surface area contributed by atoms with E-state index in [1.54, 1.807) is 0 Å². The number of nitrogens with one attached hydrogen (secondary N) is 1. The number of rotatable bonds is 4. The Morgan fingerprint density at radius 2 is 1.86 bits per heavy atom. The standard InChI is InChI=1S/C17H22N4O/c1-20-8-10-21(11-9-20)17-14-5-3-2-4-13(14)6-7-15(17)19-12-16(18)22/h2-7,19H,8-12H2,1H3,(H2,18,22). The van der Waals surface area contributed by atoms with Crippen LogP contribution in [-0.4, -0.2) is 50.6 Å². The van der Waals surface area contributed by atoms with Gasteiger partial charge in [0, 0.05) is 31.6 Å². The molecule has 0 bridgehead atoms. The summed E-state index contributed by atoms with van der Waals surface area (Å²) in [6, 6.07) is 12.5. The Morgan fingerprint density at radius 1 is 1.14 bits per heavy atom. The zero-order valence-corrected chi connectivity index (χ0v) is 12.9. The summed E-state index contributed by atoms with van der Waals surface area (Å²) in [4.78, 5) is 15.8. The zero-order chi connectivity index (χ0) is 15.5. The van der Waals surface area contributed by atoms with Gasteiger partial charge in [0.1, 0.15) is 0 Å². The van der Waals surface area contributed by atoms with Crippen molar-refractivity contribution < 1.29 is 4.79 Å². The van der Waals surface area contributed by atoms with Gasteiger partial charge < -0.3 is 20.9 Å². The molecule has 0 unspecified atom stereocenters. The first-order valence-electron chi connectivity index (χ1n) is 7.62. The van der Waals surface area contributed by atoms with Crippen molar-refractivity contribution >= 4 is 28.1 Å². The van der Waals surface area contributed by atoms with Crippen LogP contribution in [0.15, 0.2) is 36.4 Å². The SMILES string of the molecule is CN1CCN(c2c(NCC(N)=O)ccc3ccccc23)CC1. The van der Waals surface area contributed by atoms with E-state index in [0.29, 0.717) is 0 Å². The molecule has 2 aromatic rings. The molecule has 1 fully saturated rings. The topological polar surface area (TPSA) is 61.6 Å². The number of amides is 1. The number of carbonyl (C=O) groups excluding carboxylic acids is 1. The van der Waals surface area contributed by atoms with Gasteiger partial charge in [-0.05, 0) is 18.5 Å². The van der Waals surface area contributed by atoms with Gasteiger partial charge in [0.15, 0.2) is 0 Å². The lowest BCUT2D eigenvalue weighted by Crippen LogP contribution is -2.44. The smallest absolute Gasteiger partial charge is 0.236 e. The minimum atomic E-state index is -0.350. The van der Waals surface area contributed by atoms with Crippen molar-refractivity contribution in [1.82, 2.24) is 4.90 Å². The molecule has 3 N–H and O–H groups in total. The number of carbonyl (C=O) groups is 1. The molecule has 1 aliphatic rings. The van der Waals surface area contributed by atoms with Crippen molar-refractivity contribution in [3.05, 3.63) is 36.4 Å². The van der Waals surface area contributed by atoms with Crippen molar-refractivity contribution in [2.45, 2.75) is 0 Å². The molecule has 0 saturated carbocycles. The Labute approximate surface area is 130 Å². The Kier molecular flexibility index (Phi) is 4.15. The number of primary amides is 1. The van der Waals surface area contributed by atoms with E-state index in [2.05, 4.69) is 46.4 Å². The van der Waals surface area contributed by atoms with Gasteiger partial charge in [-0.15, -0.1) is 0 Å². The van der Waals surface area contributed by atoms with Crippen LogP contribution in [0.4, 0.5) is 11.4 Å². The van der Waals surface area contributed by atoms with E-state index >= 15 is 0 Å². The first-order chi connectivity index (χ1) is 10.6. The van der Waals surface area contributed by atoms with Gasteiger partial charge in [0.2, 0.25) is 5.91 Å². The minimum Gasteiger partial charge on any atom is -0.374 e. The quantitative estimate of drug-likeness (QED) is 0.898. The summed E-state index contributed by atoms with van der Waals surface area (Å²) >= 11 is 0. The Bertz CT molecular complexity index is 677. The number of likely N-dealkylation sites (N-methyl/N-ethyl adjacent to an activating group) is 1. The minimum absolute atomic E-state index is 0.152.